The van der Waals surface area contributed by atoms with E-state index in [4.69, 9.17) is 9.47 Å². The number of carbonyl (C=O) groups is 4. The second kappa shape index (κ2) is 15.3. The largest absolute Gasteiger partial charge is 0.462 e. The van der Waals surface area contributed by atoms with Crippen LogP contribution in [-0.2, 0) is 27.4 Å². The quantitative estimate of drug-likeness (QED) is 0.155. The van der Waals surface area contributed by atoms with Crippen molar-refractivity contribution in [2.75, 3.05) is 24.3 Å². The lowest BCUT2D eigenvalue weighted by molar-refractivity contribution is -0.113. The van der Waals surface area contributed by atoms with Crippen molar-refractivity contribution in [2.24, 2.45) is 0 Å². The summed E-state index contributed by atoms with van der Waals surface area (Å²) < 4.78 is 25.6. The minimum Gasteiger partial charge on any atom is -0.462 e. The average molecular weight is 640 g/mol. The van der Waals surface area contributed by atoms with Gasteiger partial charge in [0.2, 0.25) is 5.91 Å². The van der Waals surface area contributed by atoms with Crippen molar-refractivity contribution < 1.29 is 33.0 Å². The highest BCUT2D eigenvalue weighted by atomic mass is 32.2. The first-order valence-electron chi connectivity index (χ1n) is 13.6. The molecule has 2 amide bonds. The van der Waals surface area contributed by atoms with Crippen LogP contribution in [0.3, 0.4) is 0 Å². The van der Waals surface area contributed by atoms with Gasteiger partial charge in [0.05, 0.1) is 37.6 Å². The Bertz CT molecular complexity index is 1660. The third-order valence-electron chi connectivity index (χ3n) is 6.14. The standard InChI is InChI=1S/C30H30FN5O6S2/c1-4-41-28(39)24-18(3)25(29(40)42-5-2)44-27(24)33-23(37)17-43-30-35-34-22(36(30)16-19-10-7-6-8-11-19)15-32-26(38)20-12-9-13-21(31)14-20/h6-14H,4-5,15-17H2,1-3H3,(H,32,38)(H,33,37). The SMILES string of the molecule is CCOC(=O)c1sc(NC(=O)CSc2nnc(CNC(=O)c3cccc(F)c3)n2Cc2ccccc2)c(C(=O)OCC)c1C. The topological polar surface area (TPSA) is 142 Å². The molecule has 0 saturated carbocycles. The van der Waals surface area contributed by atoms with E-state index in [9.17, 15) is 23.6 Å². The number of amides is 2. The van der Waals surface area contributed by atoms with Gasteiger partial charge in [-0.3, -0.25) is 9.59 Å². The van der Waals surface area contributed by atoms with Crippen molar-refractivity contribution in [3.8, 4) is 0 Å². The molecule has 44 heavy (non-hydrogen) atoms. The summed E-state index contributed by atoms with van der Waals surface area (Å²) in [5, 5.41) is 14.5. The first-order chi connectivity index (χ1) is 21.2. The number of rotatable bonds is 13. The number of nitrogens with zero attached hydrogens (tertiary/aromatic N) is 3. The highest BCUT2D eigenvalue weighted by Gasteiger charge is 2.27. The number of nitrogens with one attached hydrogen (secondary N) is 2. The smallest absolute Gasteiger partial charge is 0.348 e. The number of thioether (sulfide) groups is 1. The summed E-state index contributed by atoms with van der Waals surface area (Å²) in [5.74, 6) is -2.37. The van der Waals surface area contributed by atoms with E-state index in [1.807, 2.05) is 30.3 Å². The summed E-state index contributed by atoms with van der Waals surface area (Å²) >= 11 is 2.05. The van der Waals surface area contributed by atoms with Crippen LogP contribution in [0.5, 0.6) is 0 Å². The Labute approximate surface area is 261 Å². The normalized spacial score (nSPS) is 10.7. The van der Waals surface area contributed by atoms with Gasteiger partial charge in [-0.05, 0) is 50.1 Å². The third-order valence-corrected chi connectivity index (χ3v) is 8.30. The number of hydrogen-bond acceptors (Lipinski definition) is 10. The van der Waals surface area contributed by atoms with Crippen molar-refractivity contribution in [3.63, 3.8) is 0 Å². The molecule has 0 spiro atoms. The predicted octanol–water partition coefficient (Wildman–Crippen LogP) is 4.85. The molecule has 0 aliphatic rings. The molecule has 0 bridgehead atoms. The summed E-state index contributed by atoms with van der Waals surface area (Å²) in [6.45, 7) is 5.58. The van der Waals surface area contributed by atoms with Gasteiger partial charge in [-0.25, -0.2) is 14.0 Å². The van der Waals surface area contributed by atoms with E-state index in [2.05, 4.69) is 20.8 Å². The Balaban J connectivity index is 1.51. The Morgan fingerprint density at radius 2 is 1.70 bits per heavy atom. The monoisotopic (exact) mass is 639 g/mol. The lowest BCUT2D eigenvalue weighted by Crippen LogP contribution is -2.25. The maximum atomic E-state index is 13.6. The van der Waals surface area contributed by atoms with E-state index in [0.717, 1.165) is 34.7 Å². The average Bonchev–Trinajstić information content (AvgIpc) is 3.54. The fourth-order valence-electron chi connectivity index (χ4n) is 4.11. The number of hydrogen-bond donors (Lipinski definition) is 2. The van der Waals surface area contributed by atoms with Gasteiger partial charge in [0.25, 0.3) is 5.91 Å². The number of thiophene rings is 1. The van der Waals surface area contributed by atoms with Gasteiger partial charge in [0, 0.05) is 5.56 Å². The molecule has 2 aromatic heterocycles. The molecule has 0 saturated heterocycles. The molecule has 4 aromatic rings. The minimum absolute atomic E-state index is 0.00987. The second-order valence-electron chi connectivity index (χ2n) is 9.20. The van der Waals surface area contributed by atoms with Crippen molar-refractivity contribution in [1.82, 2.24) is 20.1 Å². The molecule has 4 rings (SSSR count). The maximum absolute atomic E-state index is 13.6. The summed E-state index contributed by atoms with van der Waals surface area (Å²) in [4.78, 5) is 51.0. The van der Waals surface area contributed by atoms with Gasteiger partial charge in [0.1, 0.15) is 15.7 Å². The lowest BCUT2D eigenvalue weighted by Gasteiger charge is -2.11. The summed E-state index contributed by atoms with van der Waals surface area (Å²) in [7, 11) is 0. The van der Waals surface area contributed by atoms with E-state index in [1.165, 1.54) is 18.2 Å². The number of benzene rings is 2. The van der Waals surface area contributed by atoms with Gasteiger partial charge in [0.15, 0.2) is 11.0 Å². The number of aromatic nitrogens is 3. The summed E-state index contributed by atoms with van der Waals surface area (Å²) in [6.07, 6.45) is 0. The molecule has 0 radical (unpaired) electrons. The third kappa shape index (κ3) is 8.08. The lowest BCUT2D eigenvalue weighted by atomic mass is 10.1. The Kier molecular flexibility index (Phi) is 11.2. The summed E-state index contributed by atoms with van der Waals surface area (Å²) in [5.41, 5.74) is 1.57. The highest BCUT2D eigenvalue weighted by molar-refractivity contribution is 7.99. The van der Waals surface area contributed by atoms with Crippen LogP contribution in [0.2, 0.25) is 0 Å². The number of esters is 2. The van der Waals surface area contributed by atoms with E-state index in [0.29, 0.717) is 23.1 Å². The predicted molar refractivity (Wildman–Crippen MR) is 163 cm³/mol. The molecule has 230 valence electrons. The van der Waals surface area contributed by atoms with Crippen LogP contribution in [0.1, 0.15) is 61.2 Å². The second-order valence-corrected chi connectivity index (χ2v) is 11.2. The number of halogens is 1. The van der Waals surface area contributed by atoms with Gasteiger partial charge < -0.3 is 24.7 Å². The van der Waals surface area contributed by atoms with Crippen LogP contribution >= 0.6 is 23.1 Å². The van der Waals surface area contributed by atoms with Crippen LogP contribution < -0.4 is 10.6 Å². The maximum Gasteiger partial charge on any atom is 0.348 e. The van der Waals surface area contributed by atoms with Gasteiger partial charge >= 0.3 is 11.9 Å². The van der Waals surface area contributed by atoms with Crippen LogP contribution in [0, 0.1) is 12.7 Å². The van der Waals surface area contributed by atoms with Crippen molar-refractivity contribution in [3.05, 3.63) is 93.4 Å². The molecular formula is C30H30FN5O6S2. The molecule has 2 aromatic carbocycles. The zero-order valence-electron chi connectivity index (χ0n) is 24.2. The summed E-state index contributed by atoms with van der Waals surface area (Å²) in [6, 6.07) is 14.9. The van der Waals surface area contributed by atoms with Crippen LogP contribution in [-0.4, -0.2) is 57.5 Å². The van der Waals surface area contributed by atoms with Crippen molar-refractivity contribution in [2.45, 2.75) is 39.0 Å². The van der Waals surface area contributed by atoms with Gasteiger partial charge in [-0.1, -0.05) is 48.2 Å². The Morgan fingerprint density at radius 3 is 2.41 bits per heavy atom. The molecule has 2 heterocycles. The van der Waals surface area contributed by atoms with Crippen LogP contribution in [0.25, 0.3) is 0 Å². The molecule has 14 heteroatoms. The first kappa shape index (κ1) is 32.4. The molecule has 0 unspecified atom stereocenters. The minimum atomic E-state index is -0.660. The first-order valence-corrected chi connectivity index (χ1v) is 15.4. The Hall–Kier alpha value is -4.56. The molecule has 0 fully saturated rings. The highest BCUT2D eigenvalue weighted by Crippen LogP contribution is 2.34. The Morgan fingerprint density at radius 1 is 0.977 bits per heavy atom. The number of ether oxygens (including phenoxy) is 2. The van der Waals surface area contributed by atoms with Gasteiger partial charge in [-0.15, -0.1) is 21.5 Å². The van der Waals surface area contributed by atoms with Gasteiger partial charge in [-0.2, -0.15) is 0 Å². The van der Waals surface area contributed by atoms with E-state index in [1.54, 1.807) is 25.3 Å². The van der Waals surface area contributed by atoms with Crippen molar-refractivity contribution in [1.29, 1.82) is 0 Å². The molecule has 0 aliphatic carbocycles. The number of anilines is 1. The molecule has 2 N–H and O–H groups in total. The number of carbonyl (C=O) groups excluding carboxylic acids is 4. The van der Waals surface area contributed by atoms with E-state index in [-0.39, 0.29) is 46.5 Å². The zero-order chi connectivity index (χ0) is 31.6. The zero-order valence-corrected chi connectivity index (χ0v) is 25.9. The van der Waals surface area contributed by atoms with Crippen molar-refractivity contribution >= 4 is 51.9 Å². The fourth-order valence-corrected chi connectivity index (χ4v) is 5.97. The molecule has 0 aliphatic heterocycles. The molecule has 0 atom stereocenters. The fraction of sp³-hybridized carbons (Fsp3) is 0.267. The van der Waals surface area contributed by atoms with Crippen LogP contribution in [0.15, 0.2) is 59.8 Å². The molecular weight excluding hydrogens is 609 g/mol. The van der Waals surface area contributed by atoms with E-state index >= 15 is 0 Å². The van der Waals surface area contributed by atoms with Crippen LogP contribution in [0.4, 0.5) is 9.39 Å². The van der Waals surface area contributed by atoms with E-state index < -0.39 is 29.6 Å². The molecule has 11 nitrogen and oxygen atoms in total.